The maximum absolute atomic E-state index is 0. The Bertz CT molecular complexity index is 8.00. The minimum absolute atomic E-state index is 0. The summed E-state index contributed by atoms with van der Waals surface area (Å²) in [5, 5.41) is 0. The van der Waals surface area contributed by atoms with Crippen LogP contribution < -0.4 is 0 Å². The Kier molecular flexibility index (Phi) is 452. The first kappa shape index (κ1) is 61.9. The van der Waals surface area contributed by atoms with Crippen LogP contribution in [-0.2, 0) is 39.9 Å². The van der Waals surface area contributed by atoms with Gasteiger partial charge in [0, 0.05) is 0 Å². The van der Waals surface area contributed by atoms with E-state index in [4.69, 9.17) is 0 Å². The minimum Gasteiger partial charge on any atom is -2.00 e. The normalized spacial score (nSPS) is 0. The summed E-state index contributed by atoms with van der Waals surface area (Å²) in [5.41, 5.74) is 0. The molecule has 0 aromatic heterocycles. The molecule has 1 nitrogen and oxygen atoms in total. The van der Waals surface area contributed by atoms with Crippen LogP contribution in [0.5, 0.6) is 0 Å². The van der Waals surface area contributed by atoms with Crippen LogP contribution >= 0.6 is 0 Å². The van der Waals surface area contributed by atoms with Crippen LogP contribution in [-0.4, -0.2) is 11.0 Å². The van der Waals surface area contributed by atoms with Crippen molar-refractivity contribution >= 4 is 11.0 Å². The minimum atomic E-state index is 0. The molecule has 4 heavy (non-hydrogen) atoms. The Morgan fingerprint density at radius 2 is 1.00 bits per heavy atom. The standard InChI is InChI=1S/Cr.Fe.O.Si/q+3;+2;-2;+4. The average molecular weight is 152 g/mol. The molecule has 4 heteroatoms. The van der Waals surface area contributed by atoms with Gasteiger partial charge in [0.05, 0.1) is 0 Å². The first-order chi connectivity index (χ1) is 0. The van der Waals surface area contributed by atoms with E-state index >= 15 is 0 Å². The molecule has 0 unspecified atom stereocenters. The van der Waals surface area contributed by atoms with Crippen molar-refractivity contribution in [2.75, 3.05) is 0 Å². The first-order valence-corrected chi connectivity index (χ1v) is 0. The molecule has 17 valence electrons. The second-order valence-corrected chi connectivity index (χ2v) is 0. The molecule has 0 aliphatic carbocycles. The molecule has 0 fully saturated rings. The van der Waals surface area contributed by atoms with Crippen molar-refractivity contribution in [2.24, 2.45) is 0 Å². The van der Waals surface area contributed by atoms with Gasteiger partial charge in [-0.05, 0) is 0 Å². The molecular formula is CrFeOSi+7. The summed E-state index contributed by atoms with van der Waals surface area (Å²) in [6.07, 6.45) is 0. The number of hydrogen-bond donors (Lipinski definition) is 0. The van der Waals surface area contributed by atoms with Crippen molar-refractivity contribution in [1.29, 1.82) is 0 Å². The van der Waals surface area contributed by atoms with E-state index in [0.717, 1.165) is 0 Å². The van der Waals surface area contributed by atoms with Gasteiger partial charge in [0.1, 0.15) is 0 Å². The maximum Gasteiger partial charge on any atom is 4.00 e. The van der Waals surface area contributed by atoms with Crippen LogP contribution in [0, 0.1) is 0 Å². The molecule has 0 heterocycles. The molecule has 0 amide bonds. The van der Waals surface area contributed by atoms with Gasteiger partial charge in [0.25, 0.3) is 0 Å². The van der Waals surface area contributed by atoms with Gasteiger partial charge in [0.15, 0.2) is 0 Å². The van der Waals surface area contributed by atoms with E-state index in [0.29, 0.717) is 0 Å². The van der Waals surface area contributed by atoms with Gasteiger partial charge in [-0.3, -0.25) is 0 Å². The molecule has 1 radical (unpaired) electrons. The molecule has 0 saturated heterocycles. The Morgan fingerprint density at radius 3 is 1.00 bits per heavy atom. The van der Waals surface area contributed by atoms with E-state index < -0.39 is 0 Å². The van der Waals surface area contributed by atoms with E-state index in [-0.39, 0.29) is 50.9 Å². The Balaban J connectivity index is 0. The molecule has 0 spiro atoms. The second-order valence-electron chi connectivity index (χ2n) is 0. The largest absolute Gasteiger partial charge is 4.00 e. The smallest absolute Gasteiger partial charge is 2.00 e. The number of hydrogen-bond acceptors (Lipinski definition) is 0. The SMILES string of the molecule is [Cr+3].[Fe+2].[O-2].[Si+4]. The van der Waals surface area contributed by atoms with E-state index in [1.54, 1.807) is 0 Å². The van der Waals surface area contributed by atoms with E-state index in [2.05, 4.69) is 0 Å². The van der Waals surface area contributed by atoms with Crippen molar-refractivity contribution < 1.29 is 39.9 Å². The van der Waals surface area contributed by atoms with Crippen LogP contribution in [0.15, 0.2) is 0 Å². The molecule has 0 rings (SSSR count). The molecule has 0 aromatic rings. The van der Waals surface area contributed by atoms with Crippen molar-refractivity contribution in [2.45, 2.75) is 0 Å². The fourth-order valence-electron chi connectivity index (χ4n) is 0. The molecule has 0 aliphatic heterocycles. The van der Waals surface area contributed by atoms with Crippen LogP contribution in [0.2, 0.25) is 0 Å². The van der Waals surface area contributed by atoms with Gasteiger partial charge < -0.3 is 5.48 Å². The summed E-state index contributed by atoms with van der Waals surface area (Å²) < 4.78 is 0. The Hall–Kier alpha value is 1.23. The van der Waals surface area contributed by atoms with Gasteiger partial charge in [-0.2, -0.15) is 0 Å². The van der Waals surface area contributed by atoms with E-state index in [1.165, 1.54) is 0 Å². The summed E-state index contributed by atoms with van der Waals surface area (Å²) in [6, 6.07) is 0. The maximum atomic E-state index is 0. The predicted octanol–water partition coefficient (Wildman–Crippen LogP) is -0.505. The van der Waals surface area contributed by atoms with Gasteiger partial charge in [0.2, 0.25) is 0 Å². The van der Waals surface area contributed by atoms with Crippen LogP contribution in [0.1, 0.15) is 0 Å². The van der Waals surface area contributed by atoms with E-state index in [1.807, 2.05) is 0 Å². The fourth-order valence-corrected chi connectivity index (χ4v) is 0. The Morgan fingerprint density at radius 1 is 1.00 bits per heavy atom. The van der Waals surface area contributed by atoms with Crippen molar-refractivity contribution in [3.8, 4) is 0 Å². The molecule has 0 aliphatic rings. The molecular weight excluding hydrogens is 152 g/mol. The molecule has 0 aromatic carbocycles. The second kappa shape index (κ2) is 29.2. The van der Waals surface area contributed by atoms with Crippen molar-refractivity contribution in [1.82, 2.24) is 0 Å². The van der Waals surface area contributed by atoms with Gasteiger partial charge >= 0.3 is 45.4 Å². The quantitative estimate of drug-likeness (QED) is 0.418. The molecule has 0 atom stereocenters. The average Bonchev–Trinajstić information content (AvgIpc) is 0. The topological polar surface area (TPSA) is 28.5 Å². The molecule has 0 saturated carbocycles. The molecule has 0 bridgehead atoms. The van der Waals surface area contributed by atoms with Crippen molar-refractivity contribution in [3.05, 3.63) is 0 Å². The third-order valence-electron chi connectivity index (χ3n) is 0. The van der Waals surface area contributed by atoms with Crippen molar-refractivity contribution in [3.63, 3.8) is 0 Å². The third kappa shape index (κ3) is 10.6. The molecule has 0 N–H and O–H groups in total. The van der Waals surface area contributed by atoms with Gasteiger partial charge in [-0.15, -0.1) is 0 Å². The van der Waals surface area contributed by atoms with Gasteiger partial charge in [-0.25, -0.2) is 0 Å². The van der Waals surface area contributed by atoms with Gasteiger partial charge in [-0.1, -0.05) is 0 Å². The number of rotatable bonds is 0. The fraction of sp³-hybridized carbons (Fsp3) is 0. The zero-order chi connectivity index (χ0) is 0. The zero-order valence-corrected chi connectivity index (χ0v) is 5.05. The summed E-state index contributed by atoms with van der Waals surface area (Å²) in [5.74, 6) is 0. The first-order valence-electron chi connectivity index (χ1n) is 0. The van der Waals surface area contributed by atoms with Crippen LogP contribution in [0.4, 0.5) is 0 Å². The third-order valence-corrected chi connectivity index (χ3v) is 0. The zero-order valence-electron chi connectivity index (χ0n) is 1.67. The monoisotopic (exact) mass is 152 g/mol. The Labute approximate surface area is 51.1 Å². The summed E-state index contributed by atoms with van der Waals surface area (Å²) >= 11 is 0. The van der Waals surface area contributed by atoms with E-state index in [9.17, 15) is 0 Å². The predicted molar refractivity (Wildman–Crippen MR) is 6.44 cm³/mol. The van der Waals surface area contributed by atoms with Crippen LogP contribution in [0.25, 0.3) is 0 Å². The summed E-state index contributed by atoms with van der Waals surface area (Å²) in [6.45, 7) is 0. The summed E-state index contributed by atoms with van der Waals surface area (Å²) in [7, 11) is 0. The summed E-state index contributed by atoms with van der Waals surface area (Å²) in [4.78, 5) is 0. The van der Waals surface area contributed by atoms with Crippen LogP contribution in [0.3, 0.4) is 0 Å².